The van der Waals surface area contributed by atoms with Crippen LogP contribution in [0.4, 0.5) is 11.4 Å². The van der Waals surface area contributed by atoms with Gasteiger partial charge in [0.1, 0.15) is 6.04 Å². The van der Waals surface area contributed by atoms with Crippen LogP contribution in [0.3, 0.4) is 0 Å². The maximum atomic E-state index is 13.0. The fourth-order valence-corrected chi connectivity index (χ4v) is 4.63. The molecule has 0 aliphatic carbocycles. The summed E-state index contributed by atoms with van der Waals surface area (Å²) in [4.78, 5) is 17.0. The third-order valence-corrected chi connectivity index (χ3v) is 6.18. The second kappa shape index (κ2) is 9.75. The number of sulfonamides is 1. The molecule has 0 spiro atoms. The van der Waals surface area contributed by atoms with E-state index in [4.69, 9.17) is 0 Å². The number of hydrogen-bond acceptors (Lipinski definition) is 4. The first-order valence-electron chi connectivity index (χ1n) is 10.1. The van der Waals surface area contributed by atoms with Crippen molar-refractivity contribution < 1.29 is 13.2 Å². The molecule has 0 saturated carbocycles. The first kappa shape index (κ1) is 22.5. The molecule has 0 aliphatic heterocycles. The molecule has 6 nitrogen and oxygen atoms in total. The standard InChI is InChI=1S/C24H27N3O3S/c1-4-23(27(31(3,29)30)22-11-5-18(2)6-12-22)24(28)26-21-9-7-19(8-10-21)17-20-13-15-25-16-14-20/h5-16,23H,4,17H2,1-3H3,(H,26,28). The molecular formula is C24H27N3O3S. The van der Waals surface area contributed by atoms with Crippen molar-refractivity contribution in [3.63, 3.8) is 0 Å². The van der Waals surface area contributed by atoms with Gasteiger partial charge < -0.3 is 5.32 Å². The second-order valence-electron chi connectivity index (χ2n) is 7.54. The van der Waals surface area contributed by atoms with Crippen molar-refractivity contribution in [3.05, 3.63) is 89.7 Å². The number of rotatable bonds is 8. The van der Waals surface area contributed by atoms with Crippen molar-refractivity contribution in [2.75, 3.05) is 15.9 Å². The number of amides is 1. The van der Waals surface area contributed by atoms with E-state index in [1.54, 1.807) is 31.5 Å². The number of aryl methyl sites for hydroxylation is 1. The zero-order valence-electron chi connectivity index (χ0n) is 17.9. The minimum absolute atomic E-state index is 0.340. The number of pyridine rings is 1. The first-order chi connectivity index (χ1) is 14.8. The van der Waals surface area contributed by atoms with Crippen molar-refractivity contribution >= 4 is 27.3 Å². The van der Waals surface area contributed by atoms with Crippen LogP contribution in [0.5, 0.6) is 0 Å². The highest BCUT2D eigenvalue weighted by molar-refractivity contribution is 7.92. The van der Waals surface area contributed by atoms with Gasteiger partial charge in [-0.15, -0.1) is 0 Å². The van der Waals surface area contributed by atoms with Gasteiger partial charge in [0, 0.05) is 18.1 Å². The molecule has 162 valence electrons. The monoisotopic (exact) mass is 437 g/mol. The summed E-state index contributed by atoms with van der Waals surface area (Å²) in [5.41, 5.74) is 4.37. The molecule has 1 heterocycles. The first-order valence-corrected chi connectivity index (χ1v) is 12.0. The normalized spacial score (nSPS) is 12.2. The number of carbonyl (C=O) groups excluding carboxylic acids is 1. The third-order valence-electron chi connectivity index (χ3n) is 5.00. The highest BCUT2D eigenvalue weighted by atomic mass is 32.2. The maximum Gasteiger partial charge on any atom is 0.248 e. The number of anilines is 2. The molecule has 0 fully saturated rings. The Morgan fingerprint density at radius 3 is 2.10 bits per heavy atom. The summed E-state index contributed by atoms with van der Waals surface area (Å²) in [5.74, 6) is -0.365. The molecule has 0 saturated heterocycles. The Morgan fingerprint density at radius 2 is 1.55 bits per heavy atom. The van der Waals surface area contributed by atoms with Crippen LogP contribution in [0.1, 0.15) is 30.0 Å². The highest BCUT2D eigenvalue weighted by Gasteiger charge is 2.31. The van der Waals surface area contributed by atoms with Crippen molar-refractivity contribution in [2.24, 2.45) is 0 Å². The molecule has 2 aromatic carbocycles. The Balaban J connectivity index is 1.77. The molecule has 1 atom stereocenters. The van der Waals surface area contributed by atoms with Crippen LogP contribution in [0.25, 0.3) is 0 Å². The summed E-state index contributed by atoms with van der Waals surface area (Å²) in [5, 5.41) is 2.86. The van der Waals surface area contributed by atoms with Gasteiger partial charge in [0.05, 0.1) is 11.9 Å². The van der Waals surface area contributed by atoms with E-state index in [9.17, 15) is 13.2 Å². The number of hydrogen-bond donors (Lipinski definition) is 1. The molecule has 0 aliphatic rings. The van der Waals surface area contributed by atoms with Gasteiger partial charge >= 0.3 is 0 Å². The number of nitrogens with one attached hydrogen (secondary N) is 1. The molecular weight excluding hydrogens is 410 g/mol. The average molecular weight is 438 g/mol. The molecule has 3 rings (SSSR count). The van der Waals surface area contributed by atoms with Crippen LogP contribution in [0.15, 0.2) is 73.1 Å². The van der Waals surface area contributed by atoms with E-state index in [1.165, 1.54) is 4.31 Å². The van der Waals surface area contributed by atoms with Crippen molar-refractivity contribution in [1.82, 2.24) is 4.98 Å². The van der Waals surface area contributed by atoms with Crippen molar-refractivity contribution in [1.29, 1.82) is 0 Å². The Kier molecular flexibility index (Phi) is 7.07. The summed E-state index contributed by atoms with van der Waals surface area (Å²) < 4.78 is 26.3. The third kappa shape index (κ3) is 5.92. The second-order valence-corrected chi connectivity index (χ2v) is 9.40. The Labute approximate surface area is 184 Å². The zero-order chi connectivity index (χ0) is 22.4. The summed E-state index contributed by atoms with van der Waals surface area (Å²) in [6, 6.07) is 17.7. The number of aromatic nitrogens is 1. The molecule has 1 unspecified atom stereocenters. The Hall–Kier alpha value is -3.19. The molecule has 3 aromatic rings. The molecule has 7 heteroatoms. The topological polar surface area (TPSA) is 79.4 Å². The summed E-state index contributed by atoms with van der Waals surface area (Å²) in [6.45, 7) is 3.73. The average Bonchev–Trinajstić information content (AvgIpc) is 2.74. The van der Waals surface area contributed by atoms with Crippen molar-refractivity contribution in [3.8, 4) is 0 Å². The van der Waals surface area contributed by atoms with E-state index in [1.807, 2.05) is 55.5 Å². The van der Waals surface area contributed by atoms with Gasteiger partial charge in [0.25, 0.3) is 0 Å². The predicted octanol–water partition coefficient (Wildman–Crippen LogP) is 4.16. The van der Waals surface area contributed by atoms with Gasteiger partial charge in [0.2, 0.25) is 15.9 Å². The minimum Gasteiger partial charge on any atom is -0.324 e. The lowest BCUT2D eigenvalue weighted by Gasteiger charge is -2.30. The van der Waals surface area contributed by atoms with Crippen LogP contribution in [-0.2, 0) is 21.2 Å². The smallest absolute Gasteiger partial charge is 0.248 e. The van der Waals surface area contributed by atoms with Gasteiger partial charge in [-0.3, -0.25) is 14.1 Å². The fraction of sp³-hybridized carbons (Fsp3) is 0.250. The lowest BCUT2D eigenvalue weighted by molar-refractivity contribution is -0.117. The van der Waals surface area contributed by atoms with Gasteiger partial charge in [-0.1, -0.05) is 36.8 Å². The maximum absolute atomic E-state index is 13.0. The molecule has 1 amide bonds. The Morgan fingerprint density at radius 1 is 0.968 bits per heavy atom. The molecule has 1 aromatic heterocycles. The number of carbonyl (C=O) groups is 1. The van der Waals surface area contributed by atoms with Gasteiger partial charge in [-0.05, 0) is 67.3 Å². The van der Waals surface area contributed by atoms with E-state index in [-0.39, 0.29) is 5.91 Å². The van der Waals surface area contributed by atoms with E-state index < -0.39 is 16.1 Å². The lowest BCUT2D eigenvalue weighted by atomic mass is 10.1. The number of nitrogens with zero attached hydrogens (tertiary/aromatic N) is 2. The molecule has 0 bridgehead atoms. The van der Waals surface area contributed by atoms with Gasteiger partial charge in [0.15, 0.2) is 0 Å². The van der Waals surface area contributed by atoms with Gasteiger partial charge in [-0.2, -0.15) is 0 Å². The highest BCUT2D eigenvalue weighted by Crippen LogP contribution is 2.24. The van der Waals surface area contributed by atoms with E-state index in [2.05, 4.69) is 10.3 Å². The van der Waals surface area contributed by atoms with E-state index >= 15 is 0 Å². The SMILES string of the molecule is CCC(C(=O)Nc1ccc(Cc2ccncc2)cc1)N(c1ccc(C)cc1)S(C)(=O)=O. The van der Waals surface area contributed by atoms with Crippen LogP contribution < -0.4 is 9.62 Å². The minimum atomic E-state index is -3.65. The quantitative estimate of drug-likeness (QED) is 0.574. The van der Waals surface area contributed by atoms with Crippen LogP contribution in [0.2, 0.25) is 0 Å². The zero-order valence-corrected chi connectivity index (χ0v) is 18.8. The van der Waals surface area contributed by atoms with E-state index in [0.29, 0.717) is 17.8 Å². The predicted molar refractivity (Wildman–Crippen MR) is 125 cm³/mol. The van der Waals surface area contributed by atoms with Crippen molar-refractivity contribution in [2.45, 2.75) is 32.7 Å². The lowest BCUT2D eigenvalue weighted by Crippen LogP contribution is -2.47. The largest absolute Gasteiger partial charge is 0.324 e. The summed E-state index contributed by atoms with van der Waals surface area (Å²) >= 11 is 0. The van der Waals surface area contributed by atoms with Gasteiger partial charge in [-0.25, -0.2) is 8.42 Å². The fourth-order valence-electron chi connectivity index (χ4n) is 3.42. The van der Waals surface area contributed by atoms with E-state index in [0.717, 1.165) is 29.4 Å². The van der Waals surface area contributed by atoms with Crippen LogP contribution in [-0.4, -0.2) is 31.6 Å². The summed E-state index contributed by atoms with van der Waals surface area (Å²) in [6.07, 6.45) is 5.75. The summed E-state index contributed by atoms with van der Waals surface area (Å²) in [7, 11) is -3.65. The van der Waals surface area contributed by atoms with Crippen LogP contribution >= 0.6 is 0 Å². The molecule has 0 radical (unpaired) electrons. The molecule has 1 N–H and O–H groups in total. The van der Waals surface area contributed by atoms with Crippen LogP contribution in [0, 0.1) is 6.92 Å². The molecule has 31 heavy (non-hydrogen) atoms. The number of benzene rings is 2. The Bertz CT molecular complexity index is 1110.